The second-order valence-electron chi connectivity index (χ2n) is 6.85. The van der Waals surface area contributed by atoms with Gasteiger partial charge in [0, 0.05) is 32.0 Å². The van der Waals surface area contributed by atoms with Gasteiger partial charge < -0.3 is 14.5 Å². The van der Waals surface area contributed by atoms with Gasteiger partial charge >= 0.3 is 0 Å². The summed E-state index contributed by atoms with van der Waals surface area (Å²) in [6.45, 7) is 16.1. The zero-order chi connectivity index (χ0) is 17.9. The third kappa shape index (κ3) is 10.7. The number of rotatable bonds is 8. The van der Waals surface area contributed by atoms with Crippen LogP contribution in [0.15, 0.2) is 12.3 Å². The Morgan fingerprint density at radius 3 is 1.95 bits per heavy atom. The molecule has 1 amide bonds. The summed E-state index contributed by atoms with van der Waals surface area (Å²) in [7, 11) is 7.65. The number of hydrogen-bond acceptors (Lipinski definition) is 3. The van der Waals surface area contributed by atoms with Crippen LogP contribution in [-0.4, -0.2) is 57.0 Å². The highest BCUT2D eigenvalue weighted by Crippen LogP contribution is 2.28. The monoisotopic (exact) mass is 314 g/mol. The van der Waals surface area contributed by atoms with Gasteiger partial charge in [0.25, 0.3) is 0 Å². The maximum absolute atomic E-state index is 11.0. The van der Waals surface area contributed by atoms with E-state index in [4.69, 9.17) is 4.74 Å². The molecule has 0 aromatic carbocycles. The van der Waals surface area contributed by atoms with E-state index in [-0.39, 0.29) is 17.2 Å². The van der Waals surface area contributed by atoms with Crippen LogP contribution in [0.2, 0.25) is 0 Å². The minimum atomic E-state index is 0.103. The molecule has 0 aliphatic heterocycles. The van der Waals surface area contributed by atoms with Gasteiger partial charge in [-0.3, -0.25) is 4.79 Å². The van der Waals surface area contributed by atoms with Crippen LogP contribution >= 0.6 is 0 Å². The molecule has 0 aromatic heterocycles. The van der Waals surface area contributed by atoms with E-state index >= 15 is 0 Å². The average molecular weight is 315 g/mol. The van der Waals surface area contributed by atoms with Crippen LogP contribution in [0.4, 0.5) is 0 Å². The Morgan fingerprint density at radius 1 is 1.18 bits per heavy atom. The molecule has 0 rings (SSSR count). The summed E-state index contributed by atoms with van der Waals surface area (Å²) in [5, 5.41) is 0. The van der Waals surface area contributed by atoms with Crippen LogP contribution < -0.4 is 0 Å². The number of carbonyl (C=O) groups excluding carboxylic acids is 1. The molecule has 4 nitrogen and oxygen atoms in total. The summed E-state index contributed by atoms with van der Waals surface area (Å²) in [6.07, 6.45) is 1.99. The number of hydrogen-bond donors (Lipinski definition) is 0. The standard InChI is InChI=1S/C11H23NO.C7H15NO/c1-7-11(3,4)10(2)13-9-8-12(5)6;1-5-6(2)7(9)8(3)4/h2,7-9H2,1,3-6H3;6H,5H2,1-4H3. The third-order valence-corrected chi connectivity index (χ3v) is 3.93. The number of carbonyl (C=O) groups is 1. The Labute approximate surface area is 138 Å². The van der Waals surface area contributed by atoms with E-state index in [0.29, 0.717) is 0 Å². The van der Waals surface area contributed by atoms with Crippen molar-refractivity contribution < 1.29 is 9.53 Å². The number of allylic oxidation sites excluding steroid dienone is 1. The highest BCUT2D eigenvalue weighted by atomic mass is 16.5. The quantitative estimate of drug-likeness (QED) is 0.641. The van der Waals surface area contributed by atoms with E-state index in [1.54, 1.807) is 19.0 Å². The summed E-state index contributed by atoms with van der Waals surface area (Å²) < 4.78 is 5.57. The second kappa shape index (κ2) is 11.5. The molecule has 0 bridgehead atoms. The summed E-state index contributed by atoms with van der Waals surface area (Å²) >= 11 is 0. The van der Waals surface area contributed by atoms with Gasteiger partial charge in [0.15, 0.2) is 0 Å². The number of amides is 1. The molecule has 4 heteroatoms. The Balaban J connectivity index is 0. The summed E-state index contributed by atoms with van der Waals surface area (Å²) in [6, 6.07) is 0. The predicted octanol–water partition coefficient (Wildman–Crippen LogP) is 3.64. The van der Waals surface area contributed by atoms with Crippen molar-refractivity contribution in [2.24, 2.45) is 11.3 Å². The topological polar surface area (TPSA) is 32.8 Å². The fraction of sp³-hybridized carbons (Fsp3) is 0.833. The van der Waals surface area contributed by atoms with E-state index < -0.39 is 0 Å². The van der Waals surface area contributed by atoms with Crippen molar-refractivity contribution in [2.75, 3.05) is 41.3 Å². The van der Waals surface area contributed by atoms with E-state index in [9.17, 15) is 4.79 Å². The molecule has 22 heavy (non-hydrogen) atoms. The smallest absolute Gasteiger partial charge is 0.224 e. The van der Waals surface area contributed by atoms with Gasteiger partial charge in [-0.1, -0.05) is 41.2 Å². The first-order valence-corrected chi connectivity index (χ1v) is 8.17. The fourth-order valence-corrected chi connectivity index (χ4v) is 1.36. The van der Waals surface area contributed by atoms with Crippen LogP contribution in [0.3, 0.4) is 0 Å². The first-order chi connectivity index (χ1) is 9.99. The summed E-state index contributed by atoms with van der Waals surface area (Å²) in [5.74, 6) is 1.30. The van der Waals surface area contributed by atoms with Gasteiger partial charge in [-0.15, -0.1) is 0 Å². The zero-order valence-corrected chi connectivity index (χ0v) is 16.3. The number of ether oxygens (including phenoxy) is 1. The zero-order valence-electron chi connectivity index (χ0n) is 16.3. The molecule has 0 saturated carbocycles. The van der Waals surface area contributed by atoms with E-state index in [1.807, 2.05) is 27.9 Å². The van der Waals surface area contributed by atoms with E-state index in [1.165, 1.54) is 0 Å². The summed E-state index contributed by atoms with van der Waals surface area (Å²) in [5.41, 5.74) is 0.103. The minimum Gasteiger partial charge on any atom is -0.497 e. The molecule has 0 heterocycles. The largest absolute Gasteiger partial charge is 0.497 e. The van der Waals surface area contributed by atoms with Gasteiger partial charge in [0.1, 0.15) is 6.61 Å². The molecule has 0 aliphatic carbocycles. The Bertz CT molecular complexity index is 323. The Kier molecular flexibility index (Phi) is 12.2. The first kappa shape index (κ1) is 23.2. The molecular formula is C18H38N2O2. The first-order valence-electron chi connectivity index (χ1n) is 8.17. The van der Waals surface area contributed by atoms with E-state index in [0.717, 1.165) is 31.8 Å². The number of likely N-dealkylation sites (N-methyl/N-ethyl adjacent to an activating group) is 1. The van der Waals surface area contributed by atoms with Crippen molar-refractivity contribution in [3.8, 4) is 0 Å². The van der Waals surface area contributed by atoms with Crippen LogP contribution in [-0.2, 0) is 9.53 Å². The molecule has 132 valence electrons. The van der Waals surface area contributed by atoms with Gasteiger partial charge in [-0.05, 0) is 26.9 Å². The lowest BCUT2D eigenvalue weighted by atomic mass is 9.88. The predicted molar refractivity (Wildman–Crippen MR) is 95.9 cm³/mol. The number of nitrogens with zero attached hydrogens (tertiary/aromatic N) is 2. The molecule has 0 spiro atoms. The Hall–Kier alpha value is -1.03. The molecule has 0 aliphatic rings. The lowest BCUT2D eigenvalue weighted by Crippen LogP contribution is -2.27. The van der Waals surface area contributed by atoms with Crippen LogP contribution in [0, 0.1) is 11.3 Å². The second-order valence-corrected chi connectivity index (χ2v) is 6.85. The maximum atomic E-state index is 11.0. The van der Waals surface area contributed by atoms with Crippen LogP contribution in [0.5, 0.6) is 0 Å². The van der Waals surface area contributed by atoms with Gasteiger partial charge in [0.2, 0.25) is 5.91 Å². The van der Waals surface area contributed by atoms with Crippen molar-refractivity contribution in [3.05, 3.63) is 12.3 Å². The molecule has 0 fully saturated rings. The van der Waals surface area contributed by atoms with E-state index in [2.05, 4.69) is 32.3 Å². The maximum Gasteiger partial charge on any atom is 0.224 e. The minimum absolute atomic E-state index is 0.103. The van der Waals surface area contributed by atoms with Gasteiger partial charge in [-0.2, -0.15) is 0 Å². The molecule has 0 N–H and O–H groups in total. The van der Waals surface area contributed by atoms with Gasteiger partial charge in [0.05, 0.1) is 5.76 Å². The lowest BCUT2D eigenvalue weighted by Gasteiger charge is -2.26. The van der Waals surface area contributed by atoms with Crippen molar-refractivity contribution in [3.63, 3.8) is 0 Å². The SMILES string of the molecule is C=C(OCCN(C)C)C(C)(C)CC.CCC(C)C(=O)N(C)C. The van der Waals surface area contributed by atoms with Crippen molar-refractivity contribution in [2.45, 2.75) is 47.5 Å². The van der Waals surface area contributed by atoms with Crippen molar-refractivity contribution in [1.82, 2.24) is 9.80 Å². The van der Waals surface area contributed by atoms with Crippen LogP contribution in [0.1, 0.15) is 47.5 Å². The molecule has 1 atom stereocenters. The summed E-state index contributed by atoms with van der Waals surface area (Å²) in [4.78, 5) is 14.7. The molecular weight excluding hydrogens is 276 g/mol. The van der Waals surface area contributed by atoms with Gasteiger partial charge in [-0.25, -0.2) is 0 Å². The lowest BCUT2D eigenvalue weighted by molar-refractivity contribution is -0.132. The van der Waals surface area contributed by atoms with Crippen molar-refractivity contribution >= 4 is 5.91 Å². The van der Waals surface area contributed by atoms with Crippen LogP contribution in [0.25, 0.3) is 0 Å². The molecule has 0 aromatic rings. The molecule has 1 unspecified atom stereocenters. The Morgan fingerprint density at radius 2 is 1.68 bits per heavy atom. The normalized spacial score (nSPS) is 12.3. The average Bonchev–Trinajstić information content (AvgIpc) is 2.45. The molecule has 0 saturated heterocycles. The highest BCUT2D eigenvalue weighted by Gasteiger charge is 2.20. The highest BCUT2D eigenvalue weighted by molar-refractivity contribution is 5.77. The molecule has 0 radical (unpaired) electrons. The third-order valence-electron chi connectivity index (χ3n) is 3.93. The fourth-order valence-electron chi connectivity index (χ4n) is 1.36. The van der Waals surface area contributed by atoms with Crippen molar-refractivity contribution in [1.29, 1.82) is 0 Å².